The molecule has 0 atom stereocenters. The molecule has 8 heteroatoms. The Morgan fingerprint density at radius 3 is 2.81 bits per heavy atom. The minimum atomic E-state index is -0.262. The SMILES string of the molecule is CCn1nc(C)c(Cl)c1Cn1ncc(OCCN)cc1=O. The maximum absolute atomic E-state index is 12.0. The summed E-state index contributed by atoms with van der Waals surface area (Å²) in [5.41, 5.74) is 6.59. The Kier molecular flexibility index (Phi) is 4.98. The van der Waals surface area contributed by atoms with Gasteiger partial charge in [-0.25, -0.2) is 4.68 Å². The molecule has 0 saturated heterocycles. The largest absolute Gasteiger partial charge is 0.490 e. The Balaban J connectivity index is 2.26. The molecule has 0 aromatic carbocycles. The number of rotatable bonds is 6. The Morgan fingerprint density at radius 2 is 2.19 bits per heavy atom. The van der Waals surface area contributed by atoms with Gasteiger partial charge in [0.05, 0.1) is 29.2 Å². The van der Waals surface area contributed by atoms with Gasteiger partial charge in [0.2, 0.25) is 0 Å². The van der Waals surface area contributed by atoms with Crippen molar-refractivity contribution in [1.82, 2.24) is 19.6 Å². The average Bonchev–Trinajstić information content (AvgIpc) is 2.75. The van der Waals surface area contributed by atoms with E-state index < -0.39 is 0 Å². The number of halogens is 1. The van der Waals surface area contributed by atoms with Crippen molar-refractivity contribution in [3.05, 3.63) is 39.0 Å². The zero-order chi connectivity index (χ0) is 15.4. The minimum Gasteiger partial charge on any atom is -0.490 e. The van der Waals surface area contributed by atoms with E-state index in [-0.39, 0.29) is 12.1 Å². The summed E-state index contributed by atoms with van der Waals surface area (Å²) >= 11 is 6.23. The highest BCUT2D eigenvalue weighted by Gasteiger charge is 2.14. The van der Waals surface area contributed by atoms with Gasteiger partial charge < -0.3 is 10.5 Å². The molecule has 2 aromatic rings. The molecule has 0 radical (unpaired) electrons. The summed E-state index contributed by atoms with van der Waals surface area (Å²) in [6, 6.07) is 1.38. The van der Waals surface area contributed by atoms with Crippen LogP contribution < -0.4 is 16.0 Å². The number of ether oxygens (including phenoxy) is 1. The molecule has 0 bridgehead atoms. The Labute approximate surface area is 127 Å². The standard InChI is InChI=1S/C13H18ClN5O2/c1-3-18-11(13(14)9(2)17-18)8-19-12(20)6-10(7-16-19)21-5-4-15/h6-7H,3-5,8,15H2,1-2H3. The van der Waals surface area contributed by atoms with Crippen LogP contribution in [0.1, 0.15) is 18.3 Å². The van der Waals surface area contributed by atoms with Gasteiger partial charge in [0.25, 0.3) is 5.56 Å². The lowest BCUT2D eigenvalue weighted by atomic mass is 10.3. The predicted molar refractivity (Wildman–Crippen MR) is 79.8 cm³/mol. The first-order chi connectivity index (χ1) is 10.1. The van der Waals surface area contributed by atoms with Crippen LogP contribution in [-0.4, -0.2) is 32.7 Å². The second-order valence-electron chi connectivity index (χ2n) is 4.49. The molecule has 0 saturated carbocycles. The van der Waals surface area contributed by atoms with Crippen LogP contribution in [0.3, 0.4) is 0 Å². The van der Waals surface area contributed by atoms with Crippen molar-refractivity contribution in [2.75, 3.05) is 13.2 Å². The zero-order valence-electron chi connectivity index (χ0n) is 12.0. The van der Waals surface area contributed by atoms with E-state index in [9.17, 15) is 4.79 Å². The summed E-state index contributed by atoms with van der Waals surface area (Å²) in [4.78, 5) is 12.0. The lowest BCUT2D eigenvalue weighted by Crippen LogP contribution is -2.24. The molecule has 0 unspecified atom stereocenters. The normalized spacial score (nSPS) is 10.9. The first-order valence-electron chi connectivity index (χ1n) is 6.68. The summed E-state index contributed by atoms with van der Waals surface area (Å²) in [6.07, 6.45) is 1.49. The maximum atomic E-state index is 12.0. The van der Waals surface area contributed by atoms with Crippen LogP contribution in [0.15, 0.2) is 17.1 Å². The first-order valence-corrected chi connectivity index (χ1v) is 7.06. The molecule has 0 aliphatic rings. The van der Waals surface area contributed by atoms with Crippen molar-refractivity contribution in [1.29, 1.82) is 0 Å². The molecule has 0 aliphatic heterocycles. The Morgan fingerprint density at radius 1 is 1.43 bits per heavy atom. The second kappa shape index (κ2) is 6.73. The molecular weight excluding hydrogens is 294 g/mol. The molecule has 2 N–H and O–H groups in total. The summed E-state index contributed by atoms with van der Waals surface area (Å²) in [7, 11) is 0. The van der Waals surface area contributed by atoms with E-state index in [1.807, 2.05) is 13.8 Å². The fraction of sp³-hybridized carbons (Fsp3) is 0.462. The van der Waals surface area contributed by atoms with Gasteiger partial charge in [-0.05, 0) is 13.8 Å². The first kappa shape index (κ1) is 15.5. The minimum absolute atomic E-state index is 0.262. The molecule has 0 amide bonds. The molecule has 2 rings (SSSR count). The molecule has 7 nitrogen and oxygen atoms in total. The predicted octanol–water partition coefficient (Wildman–Crippen LogP) is 0.807. The highest BCUT2D eigenvalue weighted by molar-refractivity contribution is 6.31. The van der Waals surface area contributed by atoms with Crippen molar-refractivity contribution in [2.24, 2.45) is 5.73 Å². The van der Waals surface area contributed by atoms with Crippen molar-refractivity contribution in [3.63, 3.8) is 0 Å². The van der Waals surface area contributed by atoms with E-state index in [1.165, 1.54) is 16.9 Å². The van der Waals surface area contributed by atoms with Gasteiger partial charge in [0.15, 0.2) is 0 Å². The summed E-state index contributed by atoms with van der Waals surface area (Å²) in [5, 5.41) is 8.97. The zero-order valence-corrected chi connectivity index (χ0v) is 12.8. The van der Waals surface area contributed by atoms with E-state index >= 15 is 0 Å². The van der Waals surface area contributed by atoms with Crippen LogP contribution in [0.5, 0.6) is 5.75 Å². The molecule has 2 heterocycles. The van der Waals surface area contributed by atoms with Crippen LogP contribution >= 0.6 is 11.6 Å². The molecular formula is C13H18ClN5O2. The highest BCUT2D eigenvalue weighted by atomic mass is 35.5. The van der Waals surface area contributed by atoms with Gasteiger partial charge in [-0.15, -0.1) is 0 Å². The van der Waals surface area contributed by atoms with Crippen LogP contribution in [-0.2, 0) is 13.1 Å². The quantitative estimate of drug-likeness (QED) is 0.853. The molecule has 2 aromatic heterocycles. The van der Waals surface area contributed by atoms with Gasteiger partial charge in [-0.1, -0.05) is 11.6 Å². The number of hydrogen-bond donors (Lipinski definition) is 1. The third kappa shape index (κ3) is 3.43. The van der Waals surface area contributed by atoms with Crippen LogP contribution in [0.25, 0.3) is 0 Å². The van der Waals surface area contributed by atoms with Crippen molar-refractivity contribution in [3.8, 4) is 5.75 Å². The van der Waals surface area contributed by atoms with Gasteiger partial charge >= 0.3 is 0 Å². The van der Waals surface area contributed by atoms with E-state index in [4.69, 9.17) is 22.1 Å². The Bertz CT molecular complexity index is 680. The van der Waals surface area contributed by atoms with Crippen molar-refractivity contribution < 1.29 is 4.74 Å². The van der Waals surface area contributed by atoms with Gasteiger partial charge in [-0.3, -0.25) is 9.48 Å². The smallest absolute Gasteiger partial charge is 0.270 e. The average molecular weight is 312 g/mol. The molecule has 0 aliphatic carbocycles. The van der Waals surface area contributed by atoms with Crippen LogP contribution in [0, 0.1) is 6.92 Å². The molecule has 114 valence electrons. The van der Waals surface area contributed by atoms with E-state index in [0.29, 0.717) is 30.5 Å². The number of nitrogens with two attached hydrogens (primary N) is 1. The summed E-state index contributed by atoms with van der Waals surface area (Å²) in [6.45, 7) is 5.47. The second-order valence-corrected chi connectivity index (χ2v) is 4.86. The van der Waals surface area contributed by atoms with Gasteiger partial charge in [0.1, 0.15) is 12.4 Å². The number of hydrogen-bond acceptors (Lipinski definition) is 5. The van der Waals surface area contributed by atoms with Gasteiger partial charge in [0, 0.05) is 19.2 Å². The highest BCUT2D eigenvalue weighted by Crippen LogP contribution is 2.20. The molecule has 0 spiro atoms. The number of aryl methyl sites for hydroxylation is 2. The lowest BCUT2D eigenvalue weighted by molar-refractivity contribution is 0.324. The van der Waals surface area contributed by atoms with Crippen LogP contribution in [0.4, 0.5) is 0 Å². The van der Waals surface area contributed by atoms with E-state index in [2.05, 4.69) is 10.2 Å². The molecule has 21 heavy (non-hydrogen) atoms. The summed E-state index contributed by atoms with van der Waals surface area (Å²) < 4.78 is 8.36. The van der Waals surface area contributed by atoms with E-state index in [0.717, 1.165) is 11.4 Å². The van der Waals surface area contributed by atoms with Crippen molar-refractivity contribution in [2.45, 2.75) is 26.9 Å². The third-order valence-corrected chi connectivity index (χ3v) is 3.48. The monoisotopic (exact) mass is 311 g/mol. The van der Waals surface area contributed by atoms with E-state index in [1.54, 1.807) is 4.68 Å². The summed E-state index contributed by atoms with van der Waals surface area (Å²) in [5.74, 6) is 0.410. The fourth-order valence-electron chi connectivity index (χ4n) is 1.95. The van der Waals surface area contributed by atoms with Crippen LogP contribution in [0.2, 0.25) is 5.02 Å². The topological polar surface area (TPSA) is 88.0 Å². The number of aromatic nitrogens is 4. The van der Waals surface area contributed by atoms with Gasteiger partial charge in [-0.2, -0.15) is 10.2 Å². The molecule has 0 fully saturated rings. The number of nitrogens with zero attached hydrogens (tertiary/aromatic N) is 4. The van der Waals surface area contributed by atoms with Crippen molar-refractivity contribution >= 4 is 11.6 Å². The fourth-order valence-corrected chi connectivity index (χ4v) is 2.15. The lowest BCUT2D eigenvalue weighted by Gasteiger charge is -2.08. The maximum Gasteiger partial charge on any atom is 0.270 e. The Hall–Kier alpha value is -1.86. The third-order valence-electron chi connectivity index (χ3n) is 2.98.